The molecule has 0 atom stereocenters. The second-order valence-electron chi connectivity index (χ2n) is 3.44. The number of aromatic nitrogens is 2. The Morgan fingerprint density at radius 2 is 1.63 bits per heavy atom. The van der Waals surface area contributed by atoms with E-state index in [1.165, 1.54) is 24.2 Å². The maximum absolute atomic E-state index is 11.8. The van der Waals surface area contributed by atoms with Gasteiger partial charge in [0.05, 0.1) is 13.2 Å². The molecule has 0 bridgehead atoms. The van der Waals surface area contributed by atoms with Crippen LogP contribution in [-0.2, 0) is 19.1 Å². The average Bonchev–Trinajstić information content (AvgIpc) is 2.40. The zero-order valence-electron chi connectivity index (χ0n) is 11.1. The van der Waals surface area contributed by atoms with Gasteiger partial charge in [0, 0.05) is 18.0 Å². The molecule has 6 nitrogen and oxygen atoms in total. The van der Waals surface area contributed by atoms with Gasteiger partial charge in [0.1, 0.15) is 0 Å². The lowest BCUT2D eigenvalue weighted by Gasteiger charge is -2.14. The third-order valence-electron chi connectivity index (χ3n) is 2.21. The lowest BCUT2D eigenvalue weighted by molar-refractivity contribution is -0.156. The first kappa shape index (κ1) is 15.4. The molecular weight excluding hydrogens is 268 g/mol. The molecule has 0 aliphatic heterocycles. The van der Waals surface area contributed by atoms with Crippen LogP contribution in [0.1, 0.15) is 25.3 Å². The highest BCUT2D eigenvalue weighted by Gasteiger charge is 2.32. The summed E-state index contributed by atoms with van der Waals surface area (Å²) in [7, 11) is 0. The smallest absolute Gasteiger partial charge is 0.325 e. The number of hydrogen-bond acceptors (Lipinski definition) is 7. The SMILES string of the molecule is CCOC(=O)C(C(=O)OCC)c1cnc(SC)nc1. The minimum absolute atomic E-state index is 0.193. The van der Waals surface area contributed by atoms with Crippen LogP contribution in [0.25, 0.3) is 0 Å². The fourth-order valence-electron chi connectivity index (χ4n) is 1.40. The maximum atomic E-state index is 11.8. The van der Waals surface area contributed by atoms with Gasteiger partial charge in [-0.2, -0.15) is 0 Å². The first-order chi connectivity index (χ1) is 9.13. The number of thioether (sulfide) groups is 1. The van der Waals surface area contributed by atoms with Gasteiger partial charge < -0.3 is 9.47 Å². The average molecular weight is 284 g/mol. The van der Waals surface area contributed by atoms with Gasteiger partial charge in [0.15, 0.2) is 11.1 Å². The van der Waals surface area contributed by atoms with Crippen LogP contribution in [0.5, 0.6) is 0 Å². The molecule has 0 N–H and O–H groups in total. The van der Waals surface area contributed by atoms with Crippen LogP contribution in [0.15, 0.2) is 17.6 Å². The Hall–Kier alpha value is -1.63. The Bertz CT molecular complexity index is 418. The summed E-state index contributed by atoms with van der Waals surface area (Å²) in [6, 6.07) is 0. The molecule has 0 aliphatic carbocycles. The molecule has 0 fully saturated rings. The van der Waals surface area contributed by atoms with Crippen LogP contribution in [0.3, 0.4) is 0 Å². The lowest BCUT2D eigenvalue weighted by atomic mass is 10.0. The van der Waals surface area contributed by atoms with Crippen LogP contribution < -0.4 is 0 Å². The molecule has 1 rings (SSSR count). The highest BCUT2D eigenvalue weighted by molar-refractivity contribution is 7.98. The molecule has 1 aromatic heterocycles. The van der Waals surface area contributed by atoms with Gasteiger partial charge in [0.2, 0.25) is 0 Å². The minimum Gasteiger partial charge on any atom is -0.465 e. The summed E-state index contributed by atoms with van der Waals surface area (Å²) in [6.45, 7) is 3.73. The van der Waals surface area contributed by atoms with E-state index < -0.39 is 17.9 Å². The van der Waals surface area contributed by atoms with Crippen molar-refractivity contribution in [2.75, 3.05) is 19.5 Å². The van der Waals surface area contributed by atoms with Gasteiger partial charge in [-0.05, 0) is 20.1 Å². The molecule has 1 aromatic rings. The van der Waals surface area contributed by atoms with Gasteiger partial charge in [-0.1, -0.05) is 11.8 Å². The van der Waals surface area contributed by atoms with Crippen molar-refractivity contribution in [3.8, 4) is 0 Å². The van der Waals surface area contributed by atoms with Crippen LogP contribution in [0.4, 0.5) is 0 Å². The first-order valence-corrected chi connectivity index (χ1v) is 7.05. The Labute approximate surface area is 115 Å². The van der Waals surface area contributed by atoms with Crippen molar-refractivity contribution in [3.05, 3.63) is 18.0 Å². The summed E-state index contributed by atoms with van der Waals surface area (Å²) < 4.78 is 9.76. The number of carbonyl (C=O) groups is 2. The molecule has 19 heavy (non-hydrogen) atoms. The molecule has 0 radical (unpaired) electrons. The van der Waals surface area contributed by atoms with E-state index in [-0.39, 0.29) is 13.2 Å². The van der Waals surface area contributed by atoms with E-state index in [2.05, 4.69) is 9.97 Å². The Kier molecular flexibility index (Phi) is 6.27. The van der Waals surface area contributed by atoms with Crippen LogP contribution >= 0.6 is 11.8 Å². The molecule has 0 saturated heterocycles. The molecule has 0 aromatic carbocycles. The quantitative estimate of drug-likeness (QED) is 0.338. The third kappa shape index (κ3) is 4.20. The third-order valence-corrected chi connectivity index (χ3v) is 2.78. The van der Waals surface area contributed by atoms with E-state index in [1.54, 1.807) is 13.8 Å². The van der Waals surface area contributed by atoms with E-state index >= 15 is 0 Å². The fraction of sp³-hybridized carbons (Fsp3) is 0.500. The molecule has 0 amide bonds. The number of ether oxygens (including phenoxy) is 2. The van der Waals surface area contributed by atoms with Crippen LogP contribution in [-0.4, -0.2) is 41.4 Å². The molecule has 0 aliphatic rings. The largest absolute Gasteiger partial charge is 0.465 e. The van der Waals surface area contributed by atoms with Crippen molar-refractivity contribution in [2.24, 2.45) is 0 Å². The Morgan fingerprint density at radius 3 is 2.00 bits per heavy atom. The van der Waals surface area contributed by atoms with Crippen molar-refractivity contribution >= 4 is 23.7 Å². The predicted molar refractivity (Wildman–Crippen MR) is 69.8 cm³/mol. The van der Waals surface area contributed by atoms with Gasteiger partial charge in [-0.25, -0.2) is 9.97 Å². The first-order valence-electron chi connectivity index (χ1n) is 5.83. The maximum Gasteiger partial charge on any atom is 0.325 e. The van der Waals surface area contributed by atoms with E-state index in [0.29, 0.717) is 10.7 Å². The zero-order valence-corrected chi connectivity index (χ0v) is 11.9. The van der Waals surface area contributed by atoms with Crippen LogP contribution in [0.2, 0.25) is 0 Å². The van der Waals surface area contributed by atoms with Gasteiger partial charge in [-0.15, -0.1) is 0 Å². The molecule has 1 heterocycles. The molecular formula is C12H16N2O4S. The summed E-state index contributed by atoms with van der Waals surface area (Å²) in [5.74, 6) is -2.43. The summed E-state index contributed by atoms with van der Waals surface area (Å²) >= 11 is 1.37. The highest BCUT2D eigenvalue weighted by Crippen LogP contribution is 2.19. The fourth-order valence-corrected chi connectivity index (χ4v) is 1.72. The minimum atomic E-state index is -1.13. The number of esters is 2. The number of nitrogens with zero attached hydrogens (tertiary/aromatic N) is 2. The van der Waals surface area contributed by atoms with Gasteiger partial charge in [-0.3, -0.25) is 9.59 Å². The second-order valence-corrected chi connectivity index (χ2v) is 4.21. The second kappa shape index (κ2) is 7.73. The summed E-state index contributed by atoms with van der Waals surface area (Å²) in [5.41, 5.74) is 0.370. The van der Waals surface area contributed by atoms with Gasteiger partial charge in [0.25, 0.3) is 0 Å². The Balaban J connectivity index is 3.00. The lowest BCUT2D eigenvalue weighted by Crippen LogP contribution is -2.26. The van der Waals surface area contributed by atoms with Crippen molar-refractivity contribution in [1.29, 1.82) is 0 Å². The monoisotopic (exact) mass is 284 g/mol. The van der Waals surface area contributed by atoms with E-state index in [4.69, 9.17) is 9.47 Å². The highest BCUT2D eigenvalue weighted by atomic mass is 32.2. The predicted octanol–water partition coefficient (Wildman–Crippen LogP) is 1.41. The summed E-state index contributed by atoms with van der Waals surface area (Å²) in [5, 5.41) is 0.565. The molecule has 0 saturated carbocycles. The topological polar surface area (TPSA) is 78.4 Å². The number of rotatable bonds is 6. The molecule has 0 unspecified atom stereocenters. The molecule has 104 valence electrons. The van der Waals surface area contributed by atoms with Crippen molar-refractivity contribution < 1.29 is 19.1 Å². The zero-order chi connectivity index (χ0) is 14.3. The van der Waals surface area contributed by atoms with E-state index in [1.807, 2.05) is 6.26 Å². The number of hydrogen-bond donors (Lipinski definition) is 0. The molecule has 0 spiro atoms. The number of carbonyl (C=O) groups excluding carboxylic acids is 2. The Morgan fingerprint density at radius 1 is 1.16 bits per heavy atom. The standard InChI is InChI=1S/C12H16N2O4S/c1-4-17-10(15)9(11(16)18-5-2)8-6-13-12(19-3)14-7-8/h6-7,9H,4-5H2,1-3H3. The van der Waals surface area contributed by atoms with Crippen LogP contribution in [0, 0.1) is 0 Å². The van der Waals surface area contributed by atoms with Crippen molar-refractivity contribution in [1.82, 2.24) is 9.97 Å². The molecule has 7 heteroatoms. The van der Waals surface area contributed by atoms with Crippen molar-refractivity contribution in [3.63, 3.8) is 0 Å². The van der Waals surface area contributed by atoms with Gasteiger partial charge >= 0.3 is 11.9 Å². The van der Waals surface area contributed by atoms with E-state index in [0.717, 1.165) is 0 Å². The van der Waals surface area contributed by atoms with E-state index in [9.17, 15) is 9.59 Å². The summed E-state index contributed by atoms with van der Waals surface area (Å²) in [6.07, 6.45) is 4.72. The summed E-state index contributed by atoms with van der Waals surface area (Å²) in [4.78, 5) is 31.7. The van der Waals surface area contributed by atoms with Crippen molar-refractivity contribution in [2.45, 2.75) is 24.9 Å². The normalized spacial score (nSPS) is 10.3.